The molecule has 0 saturated carbocycles. The summed E-state index contributed by atoms with van der Waals surface area (Å²) in [4.78, 5) is -0.338. The number of nitrogens with one attached hydrogen (secondary N) is 1. The van der Waals surface area contributed by atoms with Crippen LogP contribution in [0.5, 0.6) is 0 Å². The third-order valence-electron chi connectivity index (χ3n) is 3.51. The predicted molar refractivity (Wildman–Crippen MR) is 76.8 cm³/mol. The third kappa shape index (κ3) is 3.14. The highest BCUT2D eigenvalue weighted by Crippen LogP contribution is 2.27. The van der Waals surface area contributed by atoms with Crippen LogP contribution in [-0.4, -0.2) is 39.4 Å². The second-order valence-corrected chi connectivity index (χ2v) is 7.29. The van der Waals surface area contributed by atoms with Crippen LogP contribution in [0.25, 0.3) is 0 Å². The molecular weight excluding hydrogens is 303 g/mol. The van der Waals surface area contributed by atoms with Crippen LogP contribution in [0, 0.1) is 11.7 Å². The first-order chi connectivity index (χ1) is 9.46. The Kier molecular flexibility index (Phi) is 5.01. The van der Waals surface area contributed by atoms with Gasteiger partial charge >= 0.3 is 0 Å². The number of halogens is 2. The van der Waals surface area contributed by atoms with Gasteiger partial charge in [-0.2, -0.15) is 4.31 Å². The molecule has 0 bridgehead atoms. The van der Waals surface area contributed by atoms with E-state index in [1.807, 2.05) is 7.05 Å². The molecule has 0 radical (unpaired) electrons. The molecule has 1 atom stereocenters. The molecule has 7 heteroatoms. The van der Waals surface area contributed by atoms with Gasteiger partial charge in [0.25, 0.3) is 0 Å². The van der Waals surface area contributed by atoms with Crippen molar-refractivity contribution in [1.82, 2.24) is 9.62 Å². The van der Waals surface area contributed by atoms with E-state index in [-0.39, 0.29) is 15.8 Å². The molecule has 20 heavy (non-hydrogen) atoms. The zero-order valence-electron chi connectivity index (χ0n) is 11.3. The summed E-state index contributed by atoms with van der Waals surface area (Å²) in [6, 6.07) is 4.06. The first-order valence-corrected chi connectivity index (χ1v) is 8.37. The average molecular weight is 321 g/mol. The first kappa shape index (κ1) is 15.7. The van der Waals surface area contributed by atoms with E-state index in [1.54, 1.807) is 0 Å². The standard InChI is InChI=1S/C13H18ClFN2O2S/c1-16-8-10-4-3-7-17(9-10)20(18,19)12-6-2-5-11(14)13(12)15/h2,5-6,10,16H,3-4,7-9H2,1H3. The second kappa shape index (κ2) is 6.39. The van der Waals surface area contributed by atoms with E-state index in [2.05, 4.69) is 5.32 Å². The smallest absolute Gasteiger partial charge is 0.246 e. The third-order valence-corrected chi connectivity index (χ3v) is 5.68. The molecular formula is C13H18ClFN2O2S. The summed E-state index contributed by atoms with van der Waals surface area (Å²) in [5.41, 5.74) is 0. The minimum absolute atomic E-state index is 0.171. The van der Waals surface area contributed by atoms with Crippen LogP contribution in [0.3, 0.4) is 0 Å². The summed E-state index contributed by atoms with van der Waals surface area (Å²) in [6.07, 6.45) is 1.76. The van der Waals surface area contributed by atoms with Gasteiger partial charge in [0.2, 0.25) is 10.0 Å². The van der Waals surface area contributed by atoms with Crippen molar-refractivity contribution in [2.24, 2.45) is 5.92 Å². The van der Waals surface area contributed by atoms with Gasteiger partial charge in [-0.1, -0.05) is 17.7 Å². The lowest BCUT2D eigenvalue weighted by molar-refractivity contribution is 0.263. The maximum atomic E-state index is 13.9. The summed E-state index contributed by atoms with van der Waals surface area (Å²) in [6.45, 7) is 1.59. The van der Waals surface area contributed by atoms with E-state index < -0.39 is 15.8 Å². The molecule has 0 amide bonds. The molecule has 1 aliphatic rings. The van der Waals surface area contributed by atoms with Gasteiger partial charge in [0, 0.05) is 13.1 Å². The maximum absolute atomic E-state index is 13.9. The van der Waals surface area contributed by atoms with Crippen molar-refractivity contribution in [1.29, 1.82) is 0 Å². The summed E-state index contributed by atoms with van der Waals surface area (Å²) in [5.74, 6) is -0.615. The van der Waals surface area contributed by atoms with E-state index in [0.717, 1.165) is 19.4 Å². The molecule has 112 valence electrons. The lowest BCUT2D eigenvalue weighted by Crippen LogP contribution is -2.42. The molecule has 2 rings (SSSR count). The Hall–Kier alpha value is -0.690. The molecule has 1 saturated heterocycles. The summed E-state index contributed by atoms with van der Waals surface area (Å²) in [7, 11) is -1.98. The molecule has 1 aromatic carbocycles. The molecule has 0 spiro atoms. The molecule has 0 aromatic heterocycles. The van der Waals surface area contributed by atoms with Crippen LogP contribution in [0.15, 0.2) is 23.1 Å². The summed E-state index contributed by atoms with van der Waals surface area (Å²) >= 11 is 5.67. The van der Waals surface area contributed by atoms with Gasteiger partial charge in [-0.3, -0.25) is 0 Å². The Bertz CT molecular complexity index is 578. The Morgan fingerprint density at radius 3 is 2.95 bits per heavy atom. The number of rotatable bonds is 4. The highest BCUT2D eigenvalue weighted by molar-refractivity contribution is 7.89. The van der Waals surface area contributed by atoms with Gasteiger partial charge in [-0.15, -0.1) is 0 Å². The fraction of sp³-hybridized carbons (Fsp3) is 0.538. The normalized spacial score (nSPS) is 21.1. The van der Waals surface area contributed by atoms with E-state index in [4.69, 9.17) is 11.6 Å². The fourth-order valence-corrected chi connectivity index (χ4v) is 4.40. The minimum Gasteiger partial charge on any atom is -0.319 e. The van der Waals surface area contributed by atoms with Gasteiger partial charge in [0.05, 0.1) is 5.02 Å². The van der Waals surface area contributed by atoms with Gasteiger partial charge in [-0.05, 0) is 44.5 Å². The average Bonchev–Trinajstić information content (AvgIpc) is 2.42. The van der Waals surface area contributed by atoms with Crippen molar-refractivity contribution in [3.63, 3.8) is 0 Å². The second-order valence-electron chi connectivity index (χ2n) is 4.98. The molecule has 1 fully saturated rings. The van der Waals surface area contributed by atoms with Crippen molar-refractivity contribution >= 4 is 21.6 Å². The molecule has 1 aliphatic heterocycles. The highest BCUT2D eigenvalue weighted by Gasteiger charge is 2.32. The largest absolute Gasteiger partial charge is 0.319 e. The monoisotopic (exact) mass is 320 g/mol. The van der Waals surface area contributed by atoms with Crippen molar-refractivity contribution in [2.75, 3.05) is 26.7 Å². The van der Waals surface area contributed by atoms with Gasteiger partial charge < -0.3 is 5.32 Å². The summed E-state index contributed by atoms with van der Waals surface area (Å²) < 4.78 is 40.3. The number of nitrogens with zero attached hydrogens (tertiary/aromatic N) is 1. The van der Waals surface area contributed by atoms with Crippen molar-refractivity contribution < 1.29 is 12.8 Å². The van der Waals surface area contributed by atoms with Crippen molar-refractivity contribution in [3.05, 3.63) is 29.0 Å². The molecule has 1 N–H and O–H groups in total. The van der Waals surface area contributed by atoms with E-state index in [1.165, 1.54) is 22.5 Å². The number of benzene rings is 1. The maximum Gasteiger partial charge on any atom is 0.246 e. The quantitative estimate of drug-likeness (QED) is 0.924. The highest BCUT2D eigenvalue weighted by atomic mass is 35.5. The van der Waals surface area contributed by atoms with Crippen LogP contribution in [0.1, 0.15) is 12.8 Å². The van der Waals surface area contributed by atoms with Gasteiger partial charge in [0.15, 0.2) is 5.82 Å². The zero-order valence-corrected chi connectivity index (χ0v) is 12.8. The van der Waals surface area contributed by atoms with Gasteiger partial charge in [0.1, 0.15) is 4.90 Å². The lowest BCUT2D eigenvalue weighted by Gasteiger charge is -2.31. The Balaban J connectivity index is 2.28. The lowest BCUT2D eigenvalue weighted by atomic mass is 10.00. The predicted octanol–water partition coefficient (Wildman–Crippen LogP) is 2.10. The Labute approximate surface area is 124 Å². The summed E-state index contributed by atoms with van der Waals surface area (Å²) in [5, 5.41) is 2.88. The number of hydrogen-bond donors (Lipinski definition) is 1. The zero-order chi connectivity index (χ0) is 14.8. The minimum atomic E-state index is -3.82. The van der Waals surface area contributed by atoms with Crippen LogP contribution >= 0.6 is 11.6 Å². The van der Waals surface area contributed by atoms with Gasteiger partial charge in [-0.25, -0.2) is 12.8 Å². The van der Waals surface area contributed by atoms with Crippen LogP contribution in [-0.2, 0) is 10.0 Å². The van der Waals surface area contributed by atoms with E-state index in [0.29, 0.717) is 13.1 Å². The molecule has 1 aromatic rings. The van der Waals surface area contributed by atoms with Crippen molar-refractivity contribution in [3.8, 4) is 0 Å². The molecule has 0 aliphatic carbocycles. The Morgan fingerprint density at radius 1 is 1.50 bits per heavy atom. The fourth-order valence-electron chi connectivity index (χ4n) is 2.52. The molecule has 4 nitrogen and oxygen atoms in total. The molecule has 1 heterocycles. The number of hydrogen-bond acceptors (Lipinski definition) is 3. The first-order valence-electron chi connectivity index (χ1n) is 6.55. The van der Waals surface area contributed by atoms with E-state index >= 15 is 0 Å². The van der Waals surface area contributed by atoms with E-state index in [9.17, 15) is 12.8 Å². The van der Waals surface area contributed by atoms with Crippen LogP contribution < -0.4 is 5.32 Å². The van der Waals surface area contributed by atoms with Crippen molar-refractivity contribution in [2.45, 2.75) is 17.7 Å². The number of sulfonamides is 1. The molecule has 1 unspecified atom stereocenters. The Morgan fingerprint density at radius 2 is 2.25 bits per heavy atom. The van der Waals surface area contributed by atoms with Crippen LogP contribution in [0.2, 0.25) is 5.02 Å². The topological polar surface area (TPSA) is 49.4 Å². The SMILES string of the molecule is CNCC1CCCN(S(=O)(=O)c2cccc(Cl)c2F)C1. The number of piperidine rings is 1. The van der Waals surface area contributed by atoms with Crippen LogP contribution in [0.4, 0.5) is 4.39 Å².